The van der Waals surface area contributed by atoms with Gasteiger partial charge in [0.25, 0.3) is 0 Å². The Morgan fingerprint density at radius 1 is 1.24 bits per heavy atom. The Morgan fingerprint density at radius 2 is 1.88 bits per heavy atom. The van der Waals surface area contributed by atoms with E-state index in [1.807, 2.05) is 35.2 Å². The fourth-order valence-electron chi connectivity index (χ4n) is 3.63. The molecule has 0 aromatic heterocycles. The molecule has 1 heterocycles. The lowest BCUT2D eigenvalue weighted by Crippen LogP contribution is -2.52. The van der Waals surface area contributed by atoms with E-state index < -0.39 is 0 Å². The normalized spacial score (nSPS) is 21.0. The first-order valence-corrected chi connectivity index (χ1v) is 9.26. The van der Waals surface area contributed by atoms with E-state index in [0.717, 1.165) is 24.6 Å². The maximum Gasteiger partial charge on any atom is 0.236 e. The second kappa shape index (κ2) is 7.99. The second-order valence-electron chi connectivity index (χ2n) is 7.35. The van der Waals surface area contributed by atoms with Crippen LogP contribution in [0.3, 0.4) is 0 Å². The number of carbonyl (C=O) groups excluding carboxylic acids is 1. The van der Waals surface area contributed by atoms with Crippen LogP contribution in [0.25, 0.3) is 0 Å². The van der Waals surface area contributed by atoms with Crippen LogP contribution in [0.15, 0.2) is 30.3 Å². The van der Waals surface area contributed by atoms with Gasteiger partial charge in [0, 0.05) is 32.2 Å². The van der Waals surface area contributed by atoms with Crippen LogP contribution in [0.5, 0.6) is 0 Å². The molecule has 0 bridgehead atoms. The van der Waals surface area contributed by atoms with Gasteiger partial charge in [-0.25, -0.2) is 0 Å². The van der Waals surface area contributed by atoms with Crippen LogP contribution in [0, 0.1) is 17.2 Å². The summed E-state index contributed by atoms with van der Waals surface area (Å²) in [5.74, 6) is 0.986. The zero-order valence-electron chi connectivity index (χ0n) is 15.3. The van der Waals surface area contributed by atoms with E-state index in [4.69, 9.17) is 0 Å². The molecule has 0 N–H and O–H groups in total. The van der Waals surface area contributed by atoms with E-state index in [1.165, 1.54) is 12.8 Å². The molecule has 0 unspecified atom stereocenters. The third-order valence-electron chi connectivity index (χ3n) is 5.65. The molecule has 25 heavy (non-hydrogen) atoms. The first-order valence-electron chi connectivity index (χ1n) is 9.26. The zero-order valence-corrected chi connectivity index (χ0v) is 15.3. The molecule has 1 amide bonds. The first kappa shape index (κ1) is 17.9. The van der Waals surface area contributed by atoms with Crippen molar-refractivity contribution < 1.29 is 4.79 Å². The molecule has 1 aliphatic heterocycles. The van der Waals surface area contributed by atoms with Crippen molar-refractivity contribution in [2.45, 2.75) is 31.8 Å². The molecule has 1 saturated heterocycles. The number of hydrogen-bond donors (Lipinski definition) is 0. The molecular formula is C20H28N4O. The monoisotopic (exact) mass is 340 g/mol. The lowest BCUT2D eigenvalue weighted by atomic mass is 10.1. The van der Waals surface area contributed by atoms with Crippen LogP contribution in [0.4, 0.5) is 0 Å². The molecule has 1 saturated carbocycles. The number of nitriles is 1. The highest BCUT2D eigenvalue weighted by Crippen LogP contribution is 2.34. The summed E-state index contributed by atoms with van der Waals surface area (Å²) >= 11 is 0. The van der Waals surface area contributed by atoms with E-state index >= 15 is 0 Å². The van der Waals surface area contributed by atoms with Gasteiger partial charge in [-0.05, 0) is 38.3 Å². The largest absolute Gasteiger partial charge is 0.339 e. The van der Waals surface area contributed by atoms with Gasteiger partial charge < -0.3 is 4.90 Å². The summed E-state index contributed by atoms with van der Waals surface area (Å²) in [6.07, 6.45) is 2.60. The predicted molar refractivity (Wildman–Crippen MR) is 97.8 cm³/mol. The molecule has 1 aromatic carbocycles. The molecule has 2 atom stereocenters. The van der Waals surface area contributed by atoms with Gasteiger partial charge in [0.2, 0.25) is 5.91 Å². The summed E-state index contributed by atoms with van der Waals surface area (Å²) in [6, 6.07) is 12.6. The van der Waals surface area contributed by atoms with Crippen LogP contribution < -0.4 is 0 Å². The molecule has 1 aliphatic carbocycles. The van der Waals surface area contributed by atoms with Crippen LogP contribution in [-0.4, -0.2) is 66.4 Å². The lowest BCUT2D eigenvalue weighted by molar-refractivity contribution is -0.134. The first-order chi connectivity index (χ1) is 12.1. The van der Waals surface area contributed by atoms with E-state index in [1.54, 1.807) is 0 Å². The molecule has 2 fully saturated rings. The zero-order chi connectivity index (χ0) is 17.8. The summed E-state index contributed by atoms with van der Waals surface area (Å²) in [4.78, 5) is 18.9. The van der Waals surface area contributed by atoms with Crippen molar-refractivity contribution in [3.05, 3.63) is 35.9 Å². The fraction of sp³-hybridized carbons (Fsp3) is 0.600. The molecule has 3 rings (SSSR count). The van der Waals surface area contributed by atoms with E-state index in [-0.39, 0.29) is 11.9 Å². The predicted octanol–water partition coefficient (Wildman–Crippen LogP) is 2.13. The highest BCUT2D eigenvalue weighted by Gasteiger charge is 2.32. The van der Waals surface area contributed by atoms with Crippen LogP contribution in [0.2, 0.25) is 0 Å². The van der Waals surface area contributed by atoms with E-state index in [9.17, 15) is 10.1 Å². The Labute approximate surface area is 150 Å². The van der Waals surface area contributed by atoms with Gasteiger partial charge in [0.05, 0.1) is 12.6 Å². The van der Waals surface area contributed by atoms with E-state index in [2.05, 4.69) is 29.8 Å². The summed E-state index contributed by atoms with van der Waals surface area (Å²) in [7, 11) is 2.05. The van der Waals surface area contributed by atoms with Gasteiger partial charge >= 0.3 is 0 Å². The van der Waals surface area contributed by atoms with E-state index in [0.29, 0.717) is 25.7 Å². The summed E-state index contributed by atoms with van der Waals surface area (Å²) in [5.41, 5.74) is 1.03. The van der Waals surface area contributed by atoms with Crippen molar-refractivity contribution >= 4 is 5.91 Å². The third kappa shape index (κ3) is 4.39. The topological polar surface area (TPSA) is 50.6 Å². The maximum atomic E-state index is 12.6. The highest BCUT2D eigenvalue weighted by molar-refractivity contribution is 5.78. The Balaban J connectivity index is 1.51. The Bertz CT molecular complexity index is 614. The minimum Gasteiger partial charge on any atom is -0.339 e. The number of piperazine rings is 1. The van der Waals surface area contributed by atoms with Gasteiger partial charge in [-0.15, -0.1) is 0 Å². The van der Waals surface area contributed by atoms with Crippen LogP contribution in [0.1, 0.15) is 31.4 Å². The van der Waals surface area contributed by atoms with Gasteiger partial charge in [-0.2, -0.15) is 5.26 Å². The summed E-state index contributed by atoms with van der Waals surface area (Å²) in [6.45, 7) is 5.63. The number of benzene rings is 1. The fourth-order valence-corrected chi connectivity index (χ4v) is 3.63. The van der Waals surface area contributed by atoms with Crippen molar-refractivity contribution in [3.8, 4) is 6.07 Å². The van der Waals surface area contributed by atoms with Crippen molar-refractivity contribution in [1.82, 2.24) is 14.7 Å². The van der Waals surface area contributed by atoms with Crippen molar-refractivity contribution in [2.24, 2.45) is 5.92 Å². The highest BCUT2D eigenvalue weighted by atomic mass is 16.2. The Hall–Kier alpha value is -1.90. The standard InChI is InChI=1S/C20H28N4O/c1-16(17-8-9-17)22(2)15-20(25)24-12-10-23(11-13-24)19(14-21)18-6-4-3-5-7-18/h3-7,16-17,19H,8-13,15H2,1-2H3/t16-,19+/m1/s1. The molecule has 5 heteroatoms. The quantitative estimate of drug-likeness (QED) is 0.796. The molecule has 5 nitrogen and oxygen atoms in total. The average molecular weight is 340 g/mol. The number of likely N-dealkylation sites (N-methyl/N-ethyl adjacent to an activating group) is 1. The summed E-state index contributed by atoms with van der Waals surface area (Å²) < 4.78 is 0. The lowest BCUT2D eigenvalue weighted by Gasteiger charge is -2.38. The third-order valence-corrected chi connectivity index (χ3v) is 5.65. The Morgan fingerprint density at radius 3 is 2.44 bits per heavy atom. The Kier molecular flexibility index (Phi) is 5.72. The molecule has 0 spiro atoms. The molecule has 0 radical (unpaired) electrons. The van der Waals surface area contributed by atoms with Gasteiger partial charge in [0.15, 0.2) is 0 Å². The molecule has 134 valence electrons. The molecule has 2 aliphatic rings. The second-order valence-corrected chi connectivity index (χ2v) is 7.35. The number of amides is 1. The summed E-state index contributed by atoms with van der Waals surface area (Å²) in [5, 5.41) is 9.57. The smallest absolute Gasteiger partial charge is 0.236 e. The number of nitrogens with zero attached hydrogens (tertiary/aromatic N) is 4. The van der Waals surface area contributed by atoms with Crippen molar-refractivity contribution in [2.75, 3.05) is 39.8 Å². The van der Waals surface area contributed by atoms with Gasteiger partial charge in [-0.1, -0.05) is 30.3 Å². The van der Waals surface area contributed by atoms with Crippen LogP contribution >= 0.6 is 0 Å². The molecular weight excluding hydrogens is 312 g/mol. The van der Waals surface area contributed by atoms with Gasteiger partial charge in [-0.3, -0.25) is 14.6 Å². The van der Waals surface area contributed by atoms with Crippen LogP contribution in [-0.2, 0) is 4.79 Å². The van der Waals surface area contributed by atoms with Crippen molar-refractivity contribution in [3.63, 3.8) is 0 Å². The number of rotatable bonds is 6. The minimum absolute atomic E-state index is 0.211. The van der Waals surface area contributed by atoms with Gasteiger partial charge in [0.1, 0.15) is 6.04 Å². The minimum atomic E-state index is -0.226. The number of hydrogen-bond acceptors (Lipinski definition) is 4. The molecule has 1 aromatic rings. The maximum absolute atomic E-state index is 12.6. The average Bonchev–Trinajstić information content (AvgIpc) is 3.48. The number of carbonyl (C=O) groups is 1. The SMILES string of the molecule is C[C@H](C1CC1)N(C)CC(=O)N1CCN([C@@H](C#N)c2ccccc2)CC1. The van der Waals surface area contributed by atoms with Crippen molar-refractivity contribution in [1.29, 1.82) is 5.26 Å².